The van der Waals surface area contributed by atoms with Crippen molar-refractivity contribution in [3.8, 4) is 5.75 Å². The number of ether oxygens (including phenoxy) is 1. The van der Waals surface area contributed by atoms with Gasteiger partial charge in [-0.25, -0.2) is 0 Å². The lowest BCUT2D eigenvalue weighted by Gasteiger charge is -2.07. The Bertz CT molecular complexity index is 519. The van der Waals surface area contributed by atoms with E-state index in [2.05, 4.69) is 54.3 Å². The van der Waals surface area contributed by atoms with Gasteiger partial charge in [-0.1, -0.05) is 19.1 Å². The van der Waals surface area contributed by atoms with Crippen molar-refractivity contribution in [3.63, 3.8) is 0 Å². The van der Waals surface area contributed by atoms with E-state index >= 15 is 0 Å². The van der Waals surface area contributed by atoms with E-state index in [1.165, 1.54) is 17.5 Å². The Morgan fingerprint density at radius 1 is 1.25 bits per heavy atom. The first kappa shape index (κ1) is 14.7. The van der Waals surface area contributed by atoms with Crippen LogP contribution >= 0.6 is 0 Å². The van der Waals surface area contributed by atoms with Crippen molar-refractivity contribution < 1.29 is 4.74 Å². The van der Waals surface area contributed by atoms with Gasteiger partial charge in [0.1, 0.15) is 12.4 Å². The summed E-state index contributed by atoms with van der Waals surface area (Å²) in [5.41, 5.74) is 2.56. The molecule has 0 aliphatic rings. The van der Waals surface area contributed by atoms with Gasteiger partial charge >= 0.3 is 0 Å². The molecule has 2 aromatic rings. The van der Waals surface area contributed by atoms with Crippen molar-refractivity contribution in [2.45, 2.75) is 33.4 Å². The molecule has 1 aromatic carbocycles. The molecule has 0 fully saturated rings. The van der Waals surface area contributed by atoms with E-state index in [0.29, 0.717) is 6.61 Å². The number of nitrogens with zero attached hydrogens (tertiary/aromatic N) is 1. The third kappa shape index (κ3) is 4.74. The molecule has 0 saturated heterocycles. The van der Waals surface area contributed by atoms with Crippen LogP contribution in [0.15, 0.2) is 42.7 Å². The third-order valence-corrected chi connectivity index (χ3v) is 3.16. The Kier molecular flexibility index (Phi) is 5.69. The van der Waals surface area contributed by atoms with Crippen molar-refractivity contribution in [1.82, 2.24) is 9.88 Å². The van der Waals surface area contributed by atoms with Crippen molar-refractivity contribution in [3.05, 3.63) is 53.9 Å². The molecule has 0 atom stereocenters. The number of rotatable bonds is 8. The normalized spacial score (nSPS) is 10.7. The fourth-order valence-corrected chi connectivity index (χ4v) is 2.17. The highest BCUT2D eigenvalue weighted by Crippen LogP contribution is 2.11. The fraction of sp³-hybridized carbons (Fsp3) is 0.412. The summed E-state index contributed by atoms with van der Waals surface area (Å²) in [6.45, 7) is 7.81. The summed E-state index contributed by atoms with van der Waals surface area (Å²) in [4.78, 5) is 0. The summed E-state index contributed by atoms with van der Waals surface area (Å²) in [6.07, 6.45) is 5.52. The van der Waals surface area contributed by atoms with Crippen LogP contribution in [0.5, 0.6) is 5.75 Å². The quantitative estimate of drug-likeness (QED) is 0.746. The smallest absolute Gasteiger partial charge is 0.119 e. The van der Waals surface area contributed by atoms with E-state index in [1.54, 1.807) is 0 Å². The summed E-state index contributed by atoms with van der Waals surface area (Å²) in [6, 6.07) is 10.3. The molecule has 1 heterocycles. The lowest BCUT2D eigenvalue weighted by atomic mass is 10.2. The molecule has 0 bridgehead atoms. The third-order valence-electron chi connectivity index (χ3n) is 3.16. The predicted octanol–water partition coefficient (Wildman–Crippen LogP) is 3.38. The van der Waals surface area contributed by atoms with Gasteiger partial charge in [-0.3, -0.25) is 0 Å². The molecule has 0 amide bonds. The van der Waals surface area contributed by atoms with Crippen LogP contribution in [-0.2, 0) is 13.1 Å². The summed E-state index contributed by atoms with van der Waals surface area (Å²) in [7, 11) is 0. The molecular weight excluding hydrogens is 248 g/mol. The van der Waals surface area contributed by atoms with E-state index in [4.69, 9.17) is 4.74 Å². The van der Waals surface area contributed by atoms with Gasteiger partial charge in [0, 0.05) is 32.0 Å². The number of nitrogens with one attached hydrogen (secondary N) is 1. The van der Waals surface area contributed by atoms with E-state index in [1.807, 2.05) is 12.1 Å². The zero-order valence-corrected chi connectivity index (χ0v) is 12.4. The molecule has 2 rings (SSSR count). The van der Waals surface area contributed by atoms with Gasteiger partial charge in [0.2, 0.25) is 0 Å². The van der Waals surface area contributed by atoms with Gasteiger partial charge in [-0.2, -0.15) is 0 Å². The maximum absolute atomic E-state index is 5.70. The van der Waals surface area contributed by atoms with Gasteiger partial charge in [-0.05, 0) is 42.7 Å². The molecule has 1 aromatic heterocycles. The zero-order chi connectivity index (χ0) is 14.2. The van der Waals surface area contributed by atoms with Crippen LogP contribution in [0, 0.1) is 6.92 Å². The van der Waals surface area contributed by atoms with Crippen LogP contribution in [0.25, 0.3) is 0 Å². The predicted molar refractivity (Wildman–Crippen MR) is 83.1 cm³/mol. The van der Waals surface area contributed by atoms with Crippen molar-refractivity contribution in [1.29, 1.82) is 0 Å². The first-order valence-corrected chi connectivity index (χ1v) is 7.33. The van der Waals surface area contributed by atoms with E-state index in [0.717, 1.165) is 25.4 Å². The molecule has 0 aliphatic carbocycles. The Balaban J connectivity index is 1.63. The second-order valence-electron chi connectivity index (χ2n) is 5.10. The molecule has 3 heteroatoms. The molecule has 3 nitrogen and oxygen atoms in total. The number of aryl methyl sites for hydroxylation is 2. The van der Waals surface area contributed by atoms with Crippen LogP contribution in [0.1, 0.15) is 24.5 Å². The Morgan fingerprint density at radius 2 is 2.15 bits per heavy atom. The monoisotopic (exact) mass is 272 g/mol. The highest BCUT2D eigenvalue weighted by atomic mass is 16.5. The Hall–Kier alpha value is -1.74. The summed E-state index contributed by atoms with van der Waals surface area (Å²) >= 11 is 0. The number of benzene rings is 1. The van der Waals surface area contributed by atoms with Crippen LogP contribution in [0.4, 0.5) is 0 Å². The van der Waals surface area contributed by atoms with E-state index in [9.17, 15) is 0 Å². The molecule has 0 saturated carbocycles. The highest BCUT2D eigenvalue weighted by Gasteiger charge is 1.97. The lowest BCUT2D eigenvalue weighted by molar-refractivity contribution is 0.313. The number of hydrogen-bond donors (Lipinski definition) is 1. The van der Waals surface area contributed by atoms with Crippen molar-refractivity contribution in [2.75, 3.05) is 13.2 Å². The standard InChI is InChI=1S/C17H24N2O/c1-3-9-19-10-7-16(14-19)13-18-8-11-20-17-6-4-5-15(2)12-17/h4-7,10,12,14,18H,3,8-9,11,13H2,1-2H3. The van der Waals surface area contributed by atoms with Crippen LogP contribution in [0.2, 0.25) is 0 Å². The molecule has 0 spiro atoms. The van der Waals surface area contributed by atoms with Crippen LogP contribution in [0.3, 0.4) is 0 Å². The first-order chi connectivity index (χ1) is 9.78. The maximum Gasteiger partial charge on any atom is 0.119 e. The second kappa shape index (κ2) is 7.75. The number of aromatic nitrogens is 1. The maximum atomic E-state index is 5.70. The highest BCUT2D eigenvalue weighted by molar-refractivity contribution is 5.27. The van der Waals surface area contributed by atoms with Gasteiger partial charge in [0.15, 0.2) is 0 Å². The van der Waals surface area contributed by atoms with Crippen LogP contribution < -0.4 is 10.1 Å². The minimum absolute atomic E-state index is 0.694. The summed E-state index contributed by atoms with van der Waals surface area (Å²) < 4.78 is 7.94. The van der Waals surface area contributed by atoms with Crippen molar-refractivity contribution >= 4 is 0 Å². The summed E-state index contributed by atoms with van der Waals surface area (Å²) in [5.74, 6) is 0.945. The summed E-state index contributed by atoms with van der Waals surface area (Å²) in [5, 5.41) is 3.40. The molecule has 0 aliphatic heterocycles. The van der Waals surface area contributed by atoms with Gasteiger partial charge in [0.05, 0.1) is 0 Å². The van der Waals surface area contributed by atoms with E-state index in [-0.39, 0.29) is 0 Å². The largest absolute Gasteiger partial charge is 0.492 e. The first-order valence-electron chi connectivity index (χ1n) is 7.33. The molecule has 108 valence electrons. The zero-order valence-electron chi connectivity index (χ0n) is 12.4. The average molecular weight is 272 g/mol. The average Bonchev–Trinajstić information content (AvgIpc) is 2.87. The molecular formula is C17H24N2O. The topological polar surface area (TPSA) is 26.2 Å². The molecule has 0 radical (unpaired) electrons. The van der Waals surface area contributed by atoms with Crippen LogP contribution in [-0.4, -0.2) is 17.7 Å². The second-order valence-corrected chi connectivity index (χ2v) is 5.10. The Labute approximate surface area is 121 Å². The molecule has 1 N–H and O–H groups in total. The van der Waals surface area contributed by atoms with Gasteiger partial charge < -0.3 is 14.6 Å². The SMILES string of the molecule is CCCn1ccc(CNCCOc2cccc(C)c2)c1. The van der Waals surface area contributed by atoms with Gasteiger partial charge in [0.25, 0.3) is 0 Å². The van der Waals surface area contributed by atoms with Gasteiger partial charge in [-0.15, -0.1) is 0 Å². The lowest BCUT2D eigenvalue weighted by Crippen LogP contribution is -2.20. The van der Waals surface area contributed by atoms with E-state index < -0.39 is 0 Å². The minimum Gasteiger partial charge on any atom is -0.492 e. The molecule has 0 unspecified atom stereocenters. The van der Waals surface area contributed by atoms with Crippen molar-refractivity contribution in [2.24, 2.45) is 0 Å². The molecule has 20 heavy (non-hydrogen) atoms. The number of hydrogen-bond acceptors (Lipinski definition) is 2. The fourth-order valence-electron chi connectivity index (χ4n) is 2.17. The Morgan fingerprint density at radius 3 is 2.95 bits per heavy atom. The minimum atomic E-state index is 0.694.